The van der Waals surface area contributed by atoms with E-state index in [1.54, 1.807) is 0 Å². The number of pyridine rings is 1. The zero-order valence-electron chi connectivity index (χ0n) is 7.46. The molecule has 0 aromatic carbocycles. The molecule has 0 saturated carbocycles. The number of aromatic carboxylic acids is 1. The van der Waals surface area contributed by atoms with Crippen molar-refractivity contribution in [2.75, 3.05) is 11.9 Å². The van der Waals surface area contributed by atoms with Crippen LogP contribution in [0, 0.1) is 0 Å². The Morgan fingerprint density at radius 3 is 3.00 bits per heavy atom. The Morgan fingerprint density at radius 2 is 2.29 bits per heavy atom. The van der Waals surface area contributed by atoms with E-state index >= 15 is 0 Å². The fraction of sp³-hybridized carbons (Fsp3) is 0.333. The highest BCUT2D eigenvalue weighted by molar-refractivity contribution is 5.90. The fourth-order valence-corrected chi connectivity index (χ4v) is 1.68. The molecule has 74 valence electrons. The molecule has 0 amide bonds. The average Bonchev–Trinajstić information content (AvgIpc) is 2.18. The Hall–Kier alpha value is -1.78. The van der Waals surface area contributed by atoms with Crippen LogP contribution >= 0.6 is 0 Å². The second-order valence-electron chi connectivity index (χ2n) is 3.22. The van der Waals surface area contributed by atoms with Crippen molar-refractivity contribution in [2.45, 2.75) is 12.8 Å². The molecule has 0 atom stereocenters. The molecule has 3 N–H and O–H groups in total. The van der Waals surface area contributed by atoms with Gasteiger partial charge in [-0.3, -0.25) is 4.79 Å². The Bertz CT molecular complexity index is 436. The van der Waals surface area contributed by atoms with Crippen molar-refractivity contribution >= 4 is 11.7 Å². The summed E-state index contributed by atoms with van der Waals surface area (Å²) in [5.74, 6) is -0.999. The van der Waals surface area contributed by atoms with Crippen LogP contribution in [0.15, 0.2) is 11.0 Å². The highest BCUT2D eigenvalue weighted by Gasteiger charge is 2.19. The molecule has 2 heterocycles. The smallest absolute Gasteiger partial charge is 0.337 e. The molecule has 5 heteroatoms. The van der Waals surface area contributed by atoms with Gasteiger partial charge in [0.15, 0.2) is 0 Å². The minimum Gasteiger partial charge on any atom is -0.478 e. The first-order chi connectivity index (χ1) is 6.70. The first kappa shape index (κ1) is 8.80. The van der Waals surface area contributed by atoms with Crippen LogP contribution in [0.5, 0.6) is 0 Å². The summed E-state index contributed by atoms with van der Waals surface area (Å²) in [7, 11) is 0. The molecule has 1 aromatic rings. The monoisotopic (exact) mass is 194 g/mol. The molecule has 5 nitrogen and oxygen atoms in total. The number of fused-ring (bicyclic) bond motifs is 1. The van der Waals surface area contributed by atoms with E-state index in [0.29, 0.717) is 17.7 Å². The molecule has 0 bridgehead atoms. The van der Waals surface area contributed by atoms with Gasteiger partial charge in [0, 0.05) is 12.7 Å². The van der Waals surface area contributed by atoms with Crippen LogP contribution in [0.1, 0.15) is 22.3 Å². The van der Waals surface area contributed by atoms with Crippen molar-refractivity contribution in [3.63, 3.8) is 0 Å². The van der Waals surface area contributed by atoms with Crippen molar-refractivity contribution in [3.8, 4) is 0 Å². The predicted octanol–water partition coefficient (Wildman–Crippen LogP) is 0.431. The minimum atomic E-state index is -0.999. The van der Waals surface area contributed by atoms with Gasteiger partial charge < -0.3 is 15.4 Å². The van der Waals surface area contributed by atoms with E-state index in [1.165, 1.54) is 6.20 Å². The molecule has 1 aliphatic rings. The van der Waals surface area contributed by atoms with E-state index in [-0.39, 0.29) is 11.1 Å². The van der Waals surface area contributed by atoms with Crippen LogP contribution in [-0.4, -0.2) is 22.6 Å². The number of aromatic nitrogens is 1. The van der Waals surface area contributed by atoms with Gasteiger partial charge >= 0.3 is 5.97 Å². The van der Waals surface area contributed by atoms with Crippen molar-refractivity contribution in [1.82, 2.24) is 4.98 Å². The zero-order valence-corrected chi connectivity index (χ0v) is 7.46. The van der Waals surface area contributed by atoms with Gasteiger partial charge in [0.1, 0.15) is 5.69 Å². The summed E-state index contributed by atoms with van der Waals surface area (Å²) in [4.78, 5) is 24.6. The van der Waals surface area contributed by atoms with E-state index in [0.717, 1.165) is 13.0 Å². The second-order valence-corrected chi connectivity index (χ2v) is 3.22. The number of H-pyrrole nitrogens is 1. The van der Waals surface area contributed by atoms with Gasteiger partial charge in [-0.1, -0.05) is 0 Å². The standard InChI is InChI=1S/C9H10N2O3/c12-8-7-5(2-1-3-10-7)6(4-11-8)9(13)14/h4,10H,1-3H2,(H,11,12)(H,13,14). The molecular weight excluding hydrogens is 184 g/mol. The lowest BCUT2D eigenvalue weighted by molar-refractivity contribution is 0.0695. The van der Waals surface area contributed by atoms with E-state index in [9.17, 15) is 9.59 Å². The number of nitrogens with one attached hydrogen (secondary N) is 2. The molecule has 1 aromatic heterocycles. The number of aromatic amines is 1. The molecule has 2 rings (SSSR count). The van der Waals surface area contributed by atoms with Crippen molar-refractivity contribution in [2.24, 2.45) is 0 Å². The normalized spacial score (nSPS) is 14.3. The van der Waals surface area contributed by atoms with E-state index in [2.05, 4.69) is 10.3 Å². The number of hydrogen-bond donors (Lipinski definition) is 3. The Morgan fingerprint density at radius 1 is 1.50 bits per heavy atom. The Kier molecular flexibility index (Phi) is 1.99. The number of carbonyl (C=O) groups is 1. The maximum atomic E-state index is 11.3. The third kappa shape index (κ3) is 1.26. The summed E-state index contributed by atoms with van der Waals surface area (Å²) in [6, 6.07) is 0. The number of carboxylic acid groups (broad SMARTS) is 1. The van der Waals surface area contributed by atoms with Gasteiger partial charge in [-0.2, -0.15) is 0 Å². The first-order valence-corrected chi connectivity index (χ1v) is 4.42. The van der Waals surface area contributed by atoms with Gasteiger partial charge in [-0.25, -0.2) is 4.79 Å². The third-order valence-electron chi connectivity index (χ3n) is 2.34. The highest BCUT2D eigenvalue weighted by Crippen LogP contribution is 2.20. The van der Waals surface area contributed by atoms with Crippen LogP contribution in [-0.2, 0) is 6.42 Å². The van der Waals surface area contributed by atoms with Crippen LogP contribution in [0.3, 0.4) is 0 Å². The summed E-state index contributed by atoms with van der Waals surface area (Å²) in [5.41, 5.74) is 0.972. The number of carboxylic acids is 1. The van der Waals surface area contributed by atoms with Crippen molar-refractivity contribution in [3.05, 3.63) is 27.7 Å². The molecule has 0 unspecified atom stereocenters. The lowest BCUT2D eigenvalue weighted by Gasteiger charge is -2.17. The van der Waals surface area contributed by atoms with Gasteiger partial charge in [-0.05, 0) is 18.4 Å². The largest absolute Gasteiger partial charge is 0.478 e. The van der Waals surface area contributed by atoms with Gasteiger partial charge in [0.25, 0.3) is 5.56 Å². The minimum absolute atomic E-state index is 0.187. The summed E-state index contributed by atoms with van der Waals surface area (Å²) >= 11 is 0. The van der Waals surface area contributed by atoms with E-state index in [1.807, 2.05) is 0 Å². The maximum absolute atomic E-state index is 11.3. The van der Waals surface area contributed by atoms with Gasteiger partial charge in [-0.15, -0.1) is 0 Å². The third-order valence-corrected chi connectivity index (χ3v) is 2.34. The molecule has 0 radical (unpaired) electrons. The van der Waals surface area contributed by atoms with Crippen molar-refractivity contribution < 1.29 is 9.90 Å². The maximum Gasteiger partial charge on any atom is 0.337 e. The predicted molar refractivity (Wildman–Crippen MR) is 50.8 cm³/mol. The SMILES string of the molecule is O=C(O)c1c[nH]c(=O)c2c1CCCN2. The molecule has 14 heavy (non-hydrogen) atoms. The number of hydrogen-bond acceptors (Lipinski definition) is 3. The molecule has 1 aliphatic heterocycles. The molecule has 0 aliphatic carbocycles. The fourth-order valence-electron chi connectivity index (χ4n) is 1.68. The second kappa shape index (κ2) is 3.17. The quantitative estimate of drug-likeness (QED) is 0.605. The van der Waals surface area contributed by atoms with Gasteiger partial charge in [0.2, 0.25) is 0 Å². The topological polar surface area (TPSA) is 82.2 Å². The number of rotatable bonds is 1. The van der Waals surface area contributed by atoms with Crippen LogP contribution in [0.25, 0.3) is 0 Å². The van der Waals surface area contributed by atoms with Crippen LogP contribution < -0.4 is 10.9 Å². The van der Waals surface area contributed by atoms with E-state index < -0.39 is 5.97 Å². The van der Waals surface area contributed by atoms with Crippen LogP contribution in [0.2, 0.25) is 0 Å². The summed E-state index contributed by atoms with van der Waals surface area (Å²) in [6.07, 6.45) is 2.76. The average molecular weight is 194 g/mol. The van der Waals surface area contributed by atoms with E-state index in [4.69, 9.17) is 5.11 Å². The Labute approximate surface area is 79.8 Å². The lowest BCUT2D eigenvalue weighted by atomic mass is 10.0. The van der Waals surface area contributed by atoms with Crippen molar-refractivity contribution in [1.29, 1.82) is 0 Å². The Balaban J connectivity index is 2.65. The molecule has 0 fully saturated rings. The molecule has 0 spiro atoms. The highest BCUT2D eigenvalue weighted by atomic mass is 16.4. The summed E-state index contributed by atoms with van der Waals surface area (Å²) in [6.45, 7) is 0.721. The molecular formula is C9H10N2O3. The number of anilines is 1. The summed E-state index contributed by atoms with van der Waals surface area (Å²) < 4.78 is 0. The molecule has 0 saturated heterocycles. The summed E-state index contributed by atoms with van der Waals surface area (Å²) in [5, 5.41) is 11.8. The lowest BCUT2D eigenvalue weighted by Crippen LogP contribution is -2.24. The zero-order chi connectivity index (χ0) is 10.1. The van der Waals surface area contributed by atoms with Crippen LogP contribution in [0.4, 0.5) is 5.69 Å². The van der Waals surface area contributed by atoms with Gasteiger partial charge in [0.05, 0.1) is 5.56 Å². The first-order valence-electron chi connectivity index (χ1n) is 4.42.